The first-order chi connectivity index (χ1) is 12.6. The highest BCUT2D eigenvalue weighted by molar-refractivity contribution is 6.30. The smallest absolute Gasteiger partial charge is 0.238 e. The van der Waals surface area contributed by atoms with Gasteiger partial charge in [-0.3, -0.25) is 9.69 Å². The number of carbonyl (C=O) groups excluding carboxylic acids is 1. The molecule has 0 aliphatic carbocycles. The molecular weight excluding hydrogens is 355 g/mol. The lowest BCUT2D eigenvalue weighted by Gasteiger charge is -2.21. The summed E-state index contributed by atoms with van der Waals surface area (Å²) < 4.78 is 19.2. The molecular formula is C20H18ClFN2O2. The highest BCUT2D eigenvalue weighted by atomic mass is 35.5. The van der Waals surface area contributed by atoms with E-state index in [0.717, 1.165) is 11.3 Å². The van der Waals surface area contributed by atoms with Gasteiger partial charge in [0.05, 0.1) is 25.0 Å². The van der Waals surface area contributed by atoms with Gasteiger partial charge in [-0.05, 0) is 35.9 Å². The third-order valence-electron chi connectivity index (χ3n) is 3.78. The van der Waals surface area contributed by atoms with Crippen LogP contribution in [-0.2, 0) is 17.9 Å². The number of nitrogens with zero attached hydrogens (tertiary/aromatic N) is 1. The van der Waals surface area contributed by atoms with Crippen LogP contribution in [0.1, 0.15) is 11.3 Å². The molecule has 0 saturated carbocycles. The number of carbonyl (C=O) groups is 1. The normalized spacial score (nSPS) is 10.9. The summed E-state index contributed by atoms with van der Waals surface area (Å²) in [6.45, 7) is 1.11. The van der Waals surface area contributed by atoms with E-state index in [1.165, 1.54) is 18.2 Å². The quantitative estimate of drug-likeness (QED) is 0.653. The number of benzene rings is 2. The summed E-state index contributed by atoms with van der Waals surface area (Å²) in [5.74, 6) is -0.0975. The van der Waals surface area contributed by atoms with E-state index in [1.807, 2.05) is 41.3 Å². The van der Waals surface area contributed by atoms with E-state index in [4.69, 9.17) is 16.0 Å². The number of amides is 1. The van der Waals surface area contributed by atoms with Crippen molar-refractivity contribution in [2.45, 2.75) is 13.1 Å². The molecule has 0 atom stereocenters. The molecule has 4 nitrogen and oxygen atoms in total. The van der Waals surface area contributed by atoms with Gasteiger partial charge in [-0.2, -0.15) is 0 Å². The lowest BCUT2D eigenvalue weighted by molar-refractivity contribution is -0.117. The number of anilines is 1. The Kier molecular flexibility index (Phi) is 6.04. The summed E-state index contributed by atoms with van der Waals surface area (Å²) in [6.07, 6.45) is 1.59. The van der Waals surface area contributed by atoms with Crippen molar-refractivity contribution in [2.75, 3.05) is 11.9 Å². The topological polar surface area (TPSA) is 45.5 Å². The molecule has 0 aliphatic rings. The number of hydrogen-bond donors (Lipinski definition) is 1. The number of nitrogens with one attached hydrogen (secondary N) is 1. The molecule has 0 saturated heterocycles. The van der Waals surface area contributed by atoms with Gasteiger partial charge in [-0.1, -0.05) is 41.9 Å². The van der Waals surface area contributed by atoms with Crippen LogP contribution in [0.4, 0.5) is 10.1 Å². The van der Waals surface area contributed by atoms with E-state index in [2.05, 4.69) is 5.32 Å². The monoisotopic (exact) mass is 372 g/mol. The van der Waals surface area contributed by atoms with Crippen molar-refractivity contribution in [2.24, 2.45) is 0 Å². The molecule has 1 aromatic heterocycles. The second-order valence-electron chi connectivity index (χ2n) is 5.88. The second-order valence-corrected chi connectivity index (χ2v) is 6.32. The van der Waals surface area contributed by atoms with Crippen molar-refractivity contribution in [3.63, 3.8) is 0 Å². The van der Waals surface area contributed by atoms with Gasteiger partial charge < -0.3 is 9.73 Å². The average molecular weight is 373 g/mol. The predicted octanol–water partition coefficient (Wildman–Crippen LogP) is 4.71. The molecule has 0 bridgehead atoms. The van der Waals surface area contributed by atoms with E-state index in [-0.39, 0.29) is 18.1 Å². The molecule has 1 amide bonds. The Balaban J connectivity index is 1.69. The first kappa shape index (κ1) is 18.2. The molecule has 6 heteroatoms. The number of rotatable bonds is 7. The molecule has 0 radical (unpaired) electrons. The van der Waals surface area contributed by atoms with Gasteiger partial charge in [-0.15, -0.1) is 0 Å². The molecule has 2 aromatic carbocycles. The molecule has 0 aliphatic heterocycles. The third kappa shape index (κ3) is 5.18. The number of hydrogen-bond acceptors (Lipinski definition) is 3. The van der Waals surface area contributed by atoms with E-state index in [0.29, 0.717) is 18.1 Å². The second kappa shape index (κ2) is 8.65. The van der Waals surface area contributed by atoms with Crippen LogP contribution in [0, 0.1) is 5.82 Å². The fraction of sp³-hybridized carbons (Fsp3) is 0.150. The van der Waals surface area contributed by atoms with E-state index >= 15 is 0 Å². The maximum absolute atomic E-state index is 13.8. The molecule has 0 unspecified atom stereocenters. The minimum Gasteiger partial charge on any atom is -0.468 e. The molecule has 134 valence electrons. The zero-order valence-corrected chi connectivity index (χ0v) is 14.7. The van der Waals surface area contributed by atoms with Gasteiger partial charge in [0.2, 0.25) is 5.91 Å². The predicted molar refractivity (Wildman–Crippen MR) is 99.3 cm³/mol. The summed E-state index contributed by atoms with van der Waals surface area (Å²) in [4.78, 5) is 14.3. The summed E-state index contributed by atoms with van der Waals surface area (Å²) >= 11 is 5.87. The Labute approximate surface area is 156 Å². The molecule has 1 N–H and O–H groups in total. The maximum Gasteiger partial charge on any atom is 0.238 e. The summed E-state index contributed by atoms with van der Waals surface area (Å²) in [6, 6.07) is 17.5. The Morgan fingerprint density at radius 2 is 1.88 bits per heavy atom. The van der Waals surface area contributed by atoms with Gasteiger partial charge in [0.25, 0.3) is 0 Å². The summed E-state index contributed by atoms with van der Waals surface area (Å²) in [5, 5.41) is 2.94. The minimum absolute atomic E-state index is 0.0696. The van der Waals surface area contributed by atoms with Gasteiger partial charge in [0, 0.05) is 11.6 Å². The van der Waals surface area contributed by atoms with Crippen LogP contribution >= 0.6 is 11.6 Å². The molecule has 3 rings (SSSR count). The van der Waals surface area contributed by atoms with Crippen LogP contribution < -0.4 is 5.32 Å². The van der Waals surface area contributed by atoms with E-state index < -0.39 is 5.82 Å². The van der Waals surface area contributed by atoms with Crippen LogP contribution in [0.5, 0.6) is 0 Å². The summed E-state index contributed by atoms with van der Waals surface area (Å²) in [5.41, 5.74) is 1.14. The highest BCUT2D eigenvalue weighted by Gasteiger charge is 2.15. The van der Waals surface area contributed by atoms with Crippen LogP contribution in [0.2, 0.25) is 5.02 Å². The van der Waals surface area contributed by atoms with Gasteiger partial charge in [0.1, 0.15) is 11.6 Å². The fourth-order valence-corrected chi connectivity index (χ4v) is 2.79. The van der Waals surface area contributed by atoms with E-state index in [9.17, 15) is 9.18 Å². The van der Waals surface area contributed by atoms with Gasteiger partial charge >= 0.3 is 0 Å². The number of furan rings is 1. The largest absolute Gasteiger partial charge is 0.468 e. The van der Waals surface area contributed by atoms with Crippen LogP contribution in [0.15, 0.2) is 71.3 Å². The van der Waals surface area contributed by atoms with Crippen molar-refractivity contribution in [3.05, 3.63) is 89.1 Å². The lowest BCUT2D eigenvalue weighted by atomic mass is 10.2. The first-order valence-corrected chi connectivity index (χ1v) is 8.51. The minimum atomic E-state index is -0.525. The Hall–Kier alpha value is -2.63. The Morgan fingerprint density at radius 3 is 2.62 bits per heavy atom. The zero-order chi connectivity index (χ0) is 18.4. The molecule has 1 heterocycles. The molecule has 3 aromatic rings. The van der Waals surface area contributed by atoms with Crippen LogP contribution in [-0.4, -0.2) is 17.4 Å². The van der Waals surface area contributed by atoms with Crippen molar-refractivity contribution in [1.82, 2.24) is 4.90 Å². The van der Waals surface area contributed by atoms with Gasteiger partial charge in [-0.25, -0.2) is 4.39 Å². The van der Waals surface area contributed by atoms with Crippen molar-refractivity contribution < 1.29 is 13.6 Å². The Morgan fingerprint density at radius 1 is 1.08 bits per heavy atom. The first-order valence-electron chi connectivity index (χ1n) is 8.14. The third-order valence-corrected chi connectivity index (χ3v) is 4.01. The van der Waals surface area contributed by atoms with Crippen LogP contribution in [0.25, 0.3) is 0 Å². The average Bonchev–Trinajstić information content (AvgIpc) is 3.12. The van der Waals surface area contributed by atoms with Crippen molar-refractivity contribution in [1.29, 1.82) is 0 Å². The standard InChI is InChI=1S/C20H18ClFN2O2/c21-16-8-9-18(22)19(11-16)23-20(25)14-24(13-17-7-4-10-26-17)12-15-5-2-1-3-6-15/h1-11H,12-14H2,(H,23,25). The van der Waals surface area contributed by atoms with E-state index in [1.54, 1.807) is 12.3 Å². The van der Waals surface area contributed by atoms with Crippen molar-refractivity contribution in [3.8, 4) is 0 Å². The maximum atomic E-state index is 13.8. The molecule has 26 heavy (non-hydrogen) atoms. The fourth-order valence-electron chi connectivity index (χ4n) is 2.62. The zero-order valence-electron chi connectivity index (χ0n) is 14.0. The van der Waals surface area contributed by atoms with Gasteiger partial charge in [0.15, 0.2) is 0 Å². The summed E-state index contributed by atoms with van der Waals surface area (Å²) in [7, 11) is 0. The SMILES string of the molecule is O=C(CN(Cc1ccccc1)Cc1ccco1)Nc1cc(Cl)ccc1F. The van der Waals surface area contributed by atoms with Crippen molar-refractivity contribution >= 4 is 23.2 Å². The number of halogens is 2. The lowest BCUT2D eigenvalue weighted by Crippen LogP contribution is -2.32. The Bertz CT molecular complexity index is 854. The molecule has 0 spiro atoms. The van der Waals surface area contributed by atoms with Crippen LogP contribution in [0.3, 0.4) is 0 Å². The highest BCUT2D eigenvalue weighted by Crippen LogP contribution is 2.19. The molecule has 0 fully saturated rings.